The van der Waals surface area contributed by atoms with Gasteiger partial charge in [-0.2, -0.15) is 0 Å². The van der Waals surface area contributed by atoms with Gasteiger partial charge in [0.25, 0.3) is 5.56 Å². The van der Waals surface area contributed by atoms with Crippen LogP contribution in [0, 0.1) is 5.82 Å². The third-order valence-electron chi connectivity index (χ3n) is 1.59. The van der Waals surface area contributed by atoms with Gasteiger partial charge in [0.2, 0.25) is 0 Å². The van der Waals surface area contributed by atoms with Crippen molar-refractivity contribution in [3.8, 4) is 0 Å². The van der Waals surface area contributed by atoms with Crippen LogP contribution in [0.15, 0.2) is 27.6 Å². The number of fused-ring (bicyclic) bond motifs is 1. The average molecular weight is 231 g/mol. The normalized spacial score (nSPS) is 10.8. The zero-order valence-electron chi connectivity index (χ0n) is 5.84. The second kappa shape index (κ2) is 2.45. The molecule has 0 bridgehead atoms. The van der Waals surface area contributed by atoms with Gasteiger partial charge < -0.3 is 0 Å². The molecular formula is C7H4BrFN2O. The molecule has 0 radical (unpaired) electrons. The minimum Gasteiger partial charge on any atom is -0.298 e. The highest BCUT2D eigenvalue weighted by Gasteiger charge is 2.07. The number of nitrogens with zero attached hydrogens (tertiary/aromatic N) is 1. The summed E-state index contributed by atoms with van der Waals surface area (Å²) in [5.74, 6) is -0.434. The summed E-state index contributed by atoms with van der Waals surface area (Å²) in [4.78, 5) is 11.1. The van der Waals surface area contributed by atoms with Gasteiger partial charge in [0, 0.05) is 12.3 Å². The third-order valence-corrected chi connectivity index (χ3v) is 2.17. The molecule has 0 aliphatic carbocycles. The van der Waals surface area contributed by atoms with Crippen LogP contribution in [0.5, 0.6) is 0 Å². The molecule has 0 amide bonds. The molecule has 1 N–H and O–H groups in total. The summed E-state index contributed by atoms with van der Waals surface area (Å²) >= 11 is 2.95. The first-order valence-electron chi connectivity index (χ1n) is 3.24. The zero-order chi connectivity index (χ0) is 8.72. The molecule has 0 aliphatic heterocycles. The molecule has 2 aromatic heterocycles. The largest absolute Gasteiger partial charge is 0.298 e. The molecular weight excluding hydrogens is 227 g/mol. The number of rotatable bonds is 0. The topological polar surface area (TPSA) is 37.3 Å². The fourth-order valence-electron chi connectivity index (χ4n) is 1.05. The van der Waals surface area contributed by atoms with Crippen LogP contribution in [0.3, 0.4) is 0 Å². The van der Waals surface area contributed by atoms with Crippen LogP contribution in [-0.2, 0) is 0 Å². The first-order valence-corrected chi connectivity index (χ1v) is 4.03. The lowest BCUT2D eigenvalue weighted by atomic mass is 10.4. The van der Waals surface area contributed by atoms with Crippen LogP contribution < -0.4 is 5.56 Å². The summed E-state index contributed by atoms with van der Waals surface area (Å²) in [6, 6.07) is 2.68. The molecule has 0 spiro atoms. The number of hydrogen-bond acceptors (Lipinski definition) is 1. The molecule has 0 unspecified atom stereocenters. The Morgan fingerprint density at radius 2 is 2.33 bits per heavy atom. The zero-order valence-corrected chi connectivity index (χ0v) is 7.43. The van der Waals surface area contributed by atoms with E-state index in [9.17, 15) is 9.18 Å². The maximum Gasteiger partial charge on any atom is 0.270 e. The number of pyridine rings is 1. The van der Waals surface area contributed by atoms with E-state index in [0.717, 1.165) is 4.52 Å². The number of hydrogen-bond donors (Lipinski definition) is 1. The number of aromatic nitrogens is 2. The maximum absolute atomic E-state index is 13.2. The van der Waals surface area contributed by atoms with Crippen molar-refractivity contribution in [1.82, 2.24) is 9.61 Å². The minimum atomic E-state index is -0.434. The highest BCUT2D eigenvalue weighted by Crippen LogP contribution is 2.16. The molecule has 12 heavy (non-hydrogen) atoms. The summed E-state index contributed by atoms with van der Waals surface area (Å²) in [6.45, 7) is 0. The molecule has 0 saturated heterocycles. The molecule has 62 valence electrons. The van der Waals surface area contributed by atoms with Crippen molar-refractivity contribution in [2.24, 2.45) is 0 Å². The summed E-state index contributed by atoms with van der Waals surface area (Å²) < 4.78 is 14.5. The van der Waals surface area contributed by atoms with Crippen LogP contribution >= 0.6 is 15.9 Å². The summed E-state index contributed by atoms with van der Waals surface area (Å²) in [5, 5.41) is 2.60. The lowest BCUT2D eigenvalue weighted by Gasteiger charge is -1.95. The van der Waals surface area contributed by atoms with Crippen molar-refractivity contribution >= 4 is 21.4 Å². The van der Waals surface area contributed by atoms with Crippen LogP contribution in [0.1, 0.15) is 0 Å². The Bertz CT molecular complexity index is 488. The molecule has 0 aliphatic rings. The van der Waals surface area contributed by atoms with Gasteiger partial charge >= 0.3 is 0 Å². The van der Waals surface area contributed by atoms with Crippen LogP contribution in [-0.4, -0.2) is 9.61 Å². The Hall–Kier alpha value is -1.10. The third kappa shape index (κ3) is 0.896. The van der Waals surface area contributed by atoms with E-state index in [0.29, 0.717) is 0 Å². The van der Waals surface area contributed by atoms with E-state index in [-0.39, 0.29) is 15.5 Å². The van der Waals surface area contributed by atoms with E-state index < -0.39 is 5.82 Å². The Labute approximate surface area is 74.9 Å². The highest BCUT2D eigenvalue weighted by atomic mass is 79.9. The van der Waals surface area contributed by atoms with Gasteiger partial charge in [-0.15, -0.1) is 0 Å². The second-order valence-electron chi connectivity index (χ2n) is 2.33. The van der Waals surface area contributed by atoms with E-state index in [1.54, 1.807) is 0 Å². The minimum absolute atomic E-state index is 0.187. The Kier molecular flexibility index (Phi) is 1.54. The van der Waals surface area contributed by atoms with E-state index >= 15 is 0 Å². The molecule has 3 nitrogen and oxygen atoms in total. The first kappa shape index (κ1) is 7.54. The lowest BCUT2D eigenvalue weighted by molar-refractivity contribution is 0.621. The number of H-pyrrole nitrogens is 1. The van der Waals surface area contributed by atoms with Crippen LogP contribution in [0.25, 0.3) is 5.52 Å². The van der Waals surface area contributed by atoms with Crippen LogP contribution in [0.2, 0.25) is 0 Å². The van der Waals surface area contributed by atoms with E-state index in [1.807, 2.05) is 0 Å². The fourth-order valence-corrected chi connectivity index (χ4v) is 1.45. The monoisotopic (exact) mass is 230 g/mol. The van der Waals surface area contributed by atoms with E-state index in [4.69, 9.17) is 0 Å². The van der Waals surface area contributed by atoms with Gasteiger partial charge in [-0.25, -0.2) is 8.91 Å². The highest BCUT2D eigenvalue weighted by molar-refractivity contribution is 9.10. The van der Waals surface area contributed by atoms with Crippen molar-refractivity contribution in [3.63, 3.8) is 0 Å². The summed E-state index contributed by atoms with van der Waals surface area (Å²) in [5.41, 5.74) is -0.0438. The van der Waals surface area contributed by atoms with Gasteiger partial charge in [-0.05, 0) is 22.0 Å². The molecule has 0 fully saturated rings. The first-order chi connectivity index (χ1) is 5.70. The summed E-state index contributed by atoms with van der Waals surface area (Å²) in [7, 11) is 0. The molecule has 2 aromatic rings. The van der Waals surface area contributed by atoms with Gasteiger partial charge in [-0.1, -0.05) is 0 Å². The quantitative estimate of drug-likeness (QED) is 0.733. The second-order valence-corrected chi connectivity index (χ2v) is 3.18. The molecule has 0 atom stereocenters. The van der Waals surface area contributed by atoms with Gasteiger partial charge in [0.15, 0.2) is 5.82 Å². The smallest absolute Gasteiger partial charge is 0.270 e. The molecule has 0 aromatic carbocycles. The Morgan fingerprint density at radius 3 is 3.08 bits per heavy atom. The van der Waals surface area contributed by atoms with Crippen molar-refractivity contribution in [3.05, 3.63) is 39.0 Å². The Balaban J connectivity index is 3.07. The number of nitrogens with one attached hydrogen (secondary N) is 1. The Morgan fingerprint density at radius 1 is 1.58 bits per heavy atom. The molecule has 5 heteroatoms. The SMILES string of the molecule is O=c1cc(Br)c(F)c2cc[nH]n12. The van der Waals surface area contributed by atoms with Crippen molar-refractivity contribution < 1.29 is 4.39 Å². The van der Waals surface area contributed by atoms with E-state index in [1.165, 1.54) is 18.3 Å². The van der Waals surface area contributed by atoms with Crippen molar-refractivity contribution in [1.29, 1.82) is 0 Å². The number of aromatic amines is 1. The molecule has 2 heterocycles. The lowest BCUT2D eigenvalue weighted by Crippen LogP contribution is -2.13. The fraction of sp³-hybridized carbons (Fsp3) is 0. The maximum atomic E-state index is 13.2. The molecule has 2 rings (SSSR count). The predicted octanol–water partition coefficient (Wildman–Crippen LogP) is 1.53. The number of halogens is 2. The molecule has 0 saturated carbocycles. The van der Waals surface area contributed by atoms with Crippen molar-refractivity contribution in [2.45, 2.75) is 0 Å². The van der Waals surface area contributed by atoms with Crippen molar-refractivity contribution in [2.75, 3.05) is 0 Å². The summed E-state index contributed by atoms with van der Waals surface area (Å²) in [6.07, 6.45) is 1.51. The predicted molar refractivity (Wildman–Crippen MR) is 45.7 cm³/mol. The van der Waals surface area contributed by atoms with Gasteiger partial charge in [0.1, 0.15) is 5.52 Å². The van der Waals surface area contributed by atoms with Gasteiger partial charge in [-0.3, -0.25) is 9.89 Å². The average Bonchev–Trinajstić information content (AvgIpc) is 2.48. The standard InChI is InChI=1S/C7H4BrFN2O/c8-4-3-6(12)11-5(7(4)9)1-2-10-11/h1-3,10H. The van der Waals surface area contributed by atoms with Crippen LogP contribution in [0.4, 0.5) is 4.39 Å². The van der Waals surface area contributed by atoms with E-state index in [2.05, 4.69) is 21.0 Å². The van der Waals surface area contributed by atoms with Gasteiger partial charge in [0.05, 0.1) is 4.47 Å².